The maximum absolute atomic E-state index is 13.1. The molecule has 2 rings (SSSR count). The highest BCUT2D eigenvalue weighted by atomic mass is 19.2. The molecule has 6 heteroatoms. The van der Waals surface area contributed by atoms with Crippen LogP contribution in [0.1, 0.15) is 17.4 Å². The van der Waals surface area contributed by atoms with Crippen molar-refractivity contribution in [3.63, 3.8) is 0 Å². The number of hydrogen-bond donors (Lipinski definition) is 2. The summed E-state index contributed by atoms with van der Waals surface area (Å²) in [5.74, 6) is 1.61. The summed E-state index contributed by atoms with van der Waals surface area (Å²) in [5.41, 5.74) is 2.48. The largest absolute Gasteiger partial charge is 0.467 e. The van der Waals surface area contributed by atoms with Crippen LogP contribution in [0.3, 0.4) is 0 Å². The molecule has 0 aliphatic rings. The van der Waals surface area contributed by atoms with Gasteiger partial charge in [0.1, 0.15) is 11.8 Å². The molecule has 0 saturated carbocycles. The third kappa shape index (κ3) is 2.17. The number of nitrogens with one attached hydrogen (secondary N) is 1. The normalized spacial score (nSPS) is 12.7. The Hall–Kier alpha value is -1.79. The van der Waals surface area contributed by atoms with Gasteiger partial charge in [-0.15, -0.1) is 0 Å². The zero-order valence-corrected chi connectivity index (χ0v) is 8.58. The lowest BCUT2D eigenvalue weighted by Gasteiger charge is -2.14. The van der Waals surface area contributed by atoms with Crippen LogP contribution in [0.2, 0.25) is 0 Å². The van der Waals surface area contributed by atoms with Gasteiger partial charge in [-0.05, 0) is 29.8 Å². The van der Waals surface area contributed by atoms with Crippen molar-refractivity contribution in [2.75, 3.05) is 0 Å². The lowest BCUT2D eigenvalue weighted by atomic mass is 10.0. The maximum Gasteiger partial charge on any atom is 0.194 e. The zero-order chi connectivity index (χ0) is 12.4. The quantitative estimate of drug-likeness (QED) is 0.493. The van der Waals surface area contributed by atoms with Crippen molar-refractivity contribution in [2.45, 2.75) is 6.04 Å². The number of benzene rings is 1. The van der Waals surface area contributed by atoms with Crippen molar-refractivity contribution < 1.29 is 17.6 Å². The van der Waals surface area contributed by atoms with Crippen LogP contribution in [0.4, 0.5) is 13.2 Å². The predicted molar refractivity (Wildman–Crippen MR) is 54.2 cm³/mol. The summed E-state index contributed by atoms with van der Waals surface area (Å²) in [6.07, 6.45) is 1.40. The first-order valence-corrected chi connectivity index (χ1v) is 4.77. The van der Waals surface area contributed by atoms with Crippen LogP contribution in [0.25, 0.3) is 0 Å². The Morgan fingerprint density at radius 1 is 1.18 bits per heavy atom. The average Bonchev–Trinajstić information content (AvgIpc) is 2.80. The Balaban J connectivity index is 2.45. The average molecular weight is 242 g/mol. The molecule has 17 heavy (non-hydrogen) atoms. The van der Waals surface area contributed by atoms with Gasteiger partial charge in [0.2, 0.25) is 0 Å². The second-order valence-electron chi connectivity index (χ2n) is 3.41. The smallest absolute Gasteiger partial charge is 0.194 e. The Kier molecular flexibility index (Phi) is 3.16. The van der Waals surface area contributed by atoms with Crippen LogP contribution in [0.15, 0.2) is 34.9 Å². The van der Waals surface area contributed by atoms with Crippen molar-refractivity contribution in [3.05, 3.63) is 59.3 Å². The van der Waals surface area contributed by atoms with E-state index in [1.807, 2.05) is 0 Å². The zero-order valence-electron chi connectivity index (χ0n) is 8.58. The molecule has 0 spiro atoms. The molecule has 1 aromatic heterocycles. The lowest BCUT2D eigenvalue weighted by molar-refractivity contribution is 0.429. The van der Waals surface area contributed by atoms with E-state index in [4.69, 9.17) is 10.3 Å². The molecule has 1 atom stereocenters. The molecule has 0 aliphatic heterocycles. The molecule has 3 nitrogen and oxygen atoms in total. The van der Waals surface area contributed by atoms with E-state index < -0.39 is 23.5 Å². The van der Waals surface area contributed by atoms with Gasteiger partial charge >= 0.3 is 0 Å². The Morgan fingerprint density at radius 3 is 2.29 bits per heavy atom. The van der Waals surface area contributed by atoms with Gasteiger partial charge in [0.05, 0.1) is 6.26 Å². The standard InChI is InChI=1S/C11H9F3N2O/c12-7-4-6(5-8(13)10(7)14)11(16-15)9-2-1-3-17-9/h1-5,11,16H,15H2. The highest BCUT2D eigenvalue weighted by Gasteiger charge is 2.19. The first-order chi connectivity index (χ1) is 8.13. The monoisotopic (exact) mass is 242 g/mol. The highest BCUT2D eigenvalue weighted by molar-refractivity contribution is 5.28. The molecular weight excluding hydrogens is 233 g/mol. The van der Waals surface area contributed by atoms with E-state index in [1.54, 1.807) is 12.1 Å². The minimum atomic E-state index is -1.51. The van der Waals surface area contributed by atoms with Crippen molar-refractivity contribution in [2.24, 2.45) is 5.84 Å². The summed E-state index contributed by atoms with van der Waals surface area (Å²) in [4.78, 5) is 0. The minimum absolute atomic E-state index is 0.138. The summed E-state index contributed by atoms with van der Waals surface area (Å²) in [6.45, 7) is 0. The van der Waals surface area contributed by atoms with Gasteiger partial charge in [-0.3, -0.25) is 5.84 Å². The molecule has 0 aliphatic carbocycles. The van der Waals surface area contributed by atoms with Gasteiger partial charge in [0.15, 0.2) is 17.5 Å². The number of furan rings is 1. The van der Waals surface area contributed by atoms with Crippen LogP contribution in [-0.2, 0) is 0 Å². The SMILES string of the molecule is NNC(c1cc(F)c(F)c(F)c1)c1ccco1. The molecule has 90 valence electrons. The van der Waals surface area contributed by atoms with E-state index in [-0.39, 0.29) is 5.56 Å². The second-order valence-corrected chi connectivity index (χ2v) is 3.41. The van der Waals surface area contributed by atoms with E-state index in [1.165, 1.54) is 6.26 Å². The van der Waals surface area contributed by atoms with E-state index in [2.05, 4.69) is 5.43 Å². The molecule has 0 bridgehead atoms. The van der Waals surface area contributed by atoms with Gasteiger partial charge in [0, 0.05) is 0 Å². The van der Waals surface area contributed by atoms with E-state index in [0.29, 0.717) is 5.76 Å². The van der Waals surface area contributed by atoms with E-state index in [9.17, 15) is 13.2 Å². The lowest BCUT2D eigenvalue weighted by Crippen LogP contribution is -2.28. The first-order valence-electron chi connectivity index (χ1n) is 4.77. The van der Waals surface area contributed by atoms with Gasteiger partial charge < -0.3 is 4.42 Å². The Labute approximate surface area is 95.0 Å². The van der Waals surface area contributed by atoms with Crippen LogP contribution >= 0.6 is 0 Å². The summed E-state index contributed by atoms with van der Waals surface area (Å²) in [5, 5.41) is 0. The minimum Gasteiger partial charge on any atom is -0.467 e. The number of rotatable bonds is 3. The molecule has 2 aromatic rings. The maximum atomic E-state index is 13.1. The van der Waals surface area contributed by atoms with Crippen LogP contribution in [0, 0.1) is 17.5 Å². The molecule has 1 heterocycles. The Bertz CT molecular complexity index is 490. The van der Waals surface area contributed by atoms with Gasteiger partial charge in [-0.25, -0.2) is 18.6 Å². The molecule has 0 fully saturated rings. The molecule has 0 saturated heterocycles. The van der Waals surface area contributed by atoms with Gasteiger partial charge in [0.25, 0.3) is 0 Å². The Morgan fingerprint density at radius 2 is 1.82 bits per heavy atom. The number of nitrogens with two attached hydrogens (primary N) is 1. The number of hydrogen-bond acceptors (Lipinski definition) is 3. The van der Waals surface area contributed by atoms with Crippen LogP contribution in [-0.4, -0.2) is 0 Å². The third-order valence-electron chi connectivity index (χ3n) is 2.33. The van der Waals surface area contributed by atoms with Crippen molar-refractivity contribution in [3.8, 4) is 0 Å². The van der Waals surface area contributed by atoms with Crippen LogP contribution in [0.5, 0.6) is 0 Å². The fraction of sp³-hybridized carbons (Fsp3) is 0.0909. The summed E-state index contributed by atoms with van der Waals surface area (Å²) < 4.78 is 44.0. The molecular formula is C11H9F3N2O. The van der Waals surface area contributed by atoms with Crippen molar-refractivity contribution >= 4 is 0 Å². The van der Waals surface area contributed by atoms with E-state index >= 15 is 0 Å². The van der Waals surface area contributed by atoms with Gasteiger partial charge in [-0.1, -0.05) is 0 Å². The number of halogens is 3. The molecule has 3 N–H and O–H groups in total. The van der Waals surface area contributed by atoms with Crippen LogP contribution < -0.4 is 11.3 Å². The van der Waals surface area contributed by atoms with Gasteiger partial charge in [-0.2, -0.15) is 0 Å². The third-order valence-corrected chi connectivity index (χ3v) is 2.33. The first kappa shape index (κ1) is 11.7. The number of hydrazine groups is 1. The fourth-order valence-corrected chi connectivity index (χ4v) is 1.54. The summed E-state index contributed by atoms with van der Waals surface area (Å²) in [7, 11) is 0. The summed E-state index contributed by atoms with van der Waals surface area (Å²) in [6, 6.07) is 4.19. The molecule has 1 unspecified atom stereocenters. The second kappa shape index (κ2) is 4.60. The highest BCUT2D eigenvalue weighted by Crippen LogP contribution is 2.24. The summed E-state index contributed by atoms with van der Waals surface area (Å²) >= 11 is 0. The molecule has 0 amide bonds. The molecule has 0 radical (unpaired) electrons. The molecule has 1 aromatic carbocycles. The van der Waals surface area contributed by atoms with Crippen molar-refractivity contribution in [1.82, 2.24) is 5.43 Å². The van der Waals surface area contributed by atoms with Crippen molar-refractivity contribution in [1.29, 1.82) is 0 Å². The van der Waals surface area contributed by atoms with E-state index in [0.717, 1.165) is 12.1 Å². The predicted octanol–water partition coefficient (Wildman–Crippen LogP) is 2.25. The fourth-order valence-electron chi connectivity index (χ4n) is 1.54. The topological polar surface area (TPSA) is 51.2 Å².